The Balaban J connectivity index is 1.32. The van der Waals surface area contributed by atoms with E-state index in [2.05, 4.69) is 36.1 Å². The van der Waals surface area contributed by atoms with Crippen LogP contribution in [0.3, 0.4) is 0 Å². The summed E-state index contributed by atoms with van der Waals surface area (Å²) in [6, 6.07) is 5.76. The van der Waals surface area contributed by atoms with E-state index in [-0.39, 0.29) is 5.56 Å². The zero-order chi connectivity index (χ0) is 20.2. The lowest BCUT2D eigenvalue weighted by molar-refractivity contribution is 0.191. The van der Waals surface area contributed by atoms with Gasteiger partial charge in [0.15, 0.2) is 0 Å². The van der Waals surface area contributed by atoms with Gasteiger partial charge in [0.1, 0.15) is 15.4 Å². The maximum absolute atomic E-state index is 12.4. The quantitative estimate of drug-likeness (QED) is 0.563. The van der Waals surface area contributed by atoms with E-state index in [4.69, 9.17) is 4.74 Å². The van der Waals surface area contributed by atoms with Crippen LogP contribution < -0.4 is 15.6 Å². The lowest BCUT2D eigenvalue weighted by Gasteiger charge is -2.32. The van der Waals surface area contributed by atoms with Crippen molar-refractivity contribution in [3.8, 4) is 5.75 Å². The third-order valence-electron chi connectivity index (χ3n) is 5.34. The molecule has 154 valence electrons. The standard InChI is InChI=1S/C20H24BrN5O2S/c1-28-15-10-17-16(23-11-15)2-3-20(27)26(17)9-8-25-6-4-14(5-7-25)22-12-19-24-18(21)13-29-19/h2-3,10-11,13-14,22H,4-9,12H2,1H3. The molecule has 0 spiro atoms. The van der Waals surface area contributed by atoms with Crippen molar-refractivity contribution in [2.75, 3.05) is 26.7 Å². The number of halogens is 1. The number of ether oxygens (including phenoxy) is 1. The summed E-state index contributed by atoms with van der Waals surface area (Å²) in [5.74, 6) is 0.663. The lowest BCUT2D eigenvalue weighted by Crippen LogP contribution is -2.43. The Morgan fingerprint density at radius 3 is 2.86 bits per heavy atom. The molecule has 29 heavy (non-hydrogen) atoms. The summed E-state index contributed by atoms with van der Waals surface area (Å²) in [5, 5.41) is 6.74. The molecule has 0 amide bonds. The largest absolute Gasteiger partial charge is 0.495 e. The number of hydrogen-bond acceptors (Lipinski definition) is 7. The number of aromatic nitrogens is 3. The Kier molecular flexibility index (Phi) is 6.59. The summed E-state index contributed by atoms with van der Waals surface area (Å²) in [7, 11) is 1.61. The summed E-state index contributed by atoms with van der Waals surface area (Å²) in [6.45, 7) is 4.38. The minimum atomic E-state index is -0.00119. The van der Waals surface area contributed by atoms with Gasteiger partial charge in [0.05, 0.1) is 24.3 Å². The third kappa shape index (κ3) is 5.03. The number of hydrogen-bond donors (Lipinski definition) is 1. The van der Waals surface area contributed by atoms with Crippen molar-refractivity contribution in [3.63, 3.8) is 0 Å². The average molecular weight is 478 g/mol. The van der Waals surface area contributed by atoms with E-state index in [1.54, 1.807) is 41.3 Å². The van der Waals surface area contributed by atoms with Crippen molar-refractivity contribution >= 4 is 38.3 Å². The number of methoxy groups -OCH3 is 1. The van der Waals surface area contributed by atoms with E-state index < -0.39 is 0 Å². The van der Waals surface area contributed by atoms with Crippen molar-refractivity contribution in [2.24, 2.45) is 0 Å². The second-order valence-corrected chi connectivity index (χ2v) is 8.92. The summed E-state index contributed by atoms with van der Waals surface area (Å²) in [4.78, 5) is 23.7. The fourth-order valence-electron chi connectivity index (χ4n) is 3.69. The maximum Gasteiger partial charge on any atom is 0.251 e. The Labute approximate surface area is 181 Å². The zero-order valence-corrected chi connectivity index (χ0v) is 18.7. The van der Waals surface area contributed by atoms with Gasteiger partial charge in [-0.25, -0.2) is 4.98 Å². The molecule has 1 N–H and O–H groups in total. The predicted molar refractivity (Wildman–Crippen MR) is 119 cm³/mol. The monoisotopic (exact) mass is 477 g/mol. The van der Waals surface area contributed by atoms with Gasteiger partial charge in [-0.1, -0.05) is 0 Å². The van der Waals surface area contributed by atoms with Crippen LogP contribution in [0.2, 0.25) is 0 Å². The molecule has 1 saturated heterocycles. The van der Waals surface area contributed by atoms with Gasteiger partial charge < -0.3 is 19.5 Å². The second kappa shape index (κ2) is 9.34. The molecule has 3 aromatic rings. The Bertz CT molecular complexity index is 1030. The smallest absolute Gasteiger partial charge is 0.251 e. The van der Waals surface area contributed by atoms with Crippen LogP contribution in [-0.4, -0.2) is 52.2 Å². The number of fused-ring (bicyclic) bond motifs is 1. The van der Waals surface area contributed by atoms with E-state index >= 15 is 0 Å². The topological polar surface area (TPSA) is 72.3 Å². The number of pyridine rings is 2. The molecule has 0 saturated carbocycles. The molecule has 9 heteroatoms. The summed E-state index contributed by atoms with van der Waals surface area (Å²) in [6.07, 6.45) is 3.89. The van der Waals surface area contributed by atoms with E-state index in [9.17, 15) is 4.79 Å². The third-order valence-corrected chi connectivity index (χ3v) is 6.90. The average Bonchev–Trinajstić information content (AvgIpc) is 3.17. The van der Waals surface area contributed by atoms with E-state index in [1.165, 1.54) is 0 Å². The van der Waals surface area contributed by atoms with Gasteiger partial charge >= 0.3 is 0 Å². The second-order valence-electron chi connectivity index (χ2n) is 7.16. The van der Waals surface area contributed by atoms with Crippen molar-refractivity contribution in [2.45, 2.75) is 32.0 Å². The first-order chi connectivity index (χ1) is 14.1. The zero-order valence-electron chi connectivity index (χ0n) is 16.3. The highest BCUT2D eigenvalue weighted by atomic mass is 79.9. The number of rotatable bonds is 7. The van der Waals surface area contributed by atoms with Crippen LogP contribution in [0.5, 0.6) is 5.75 Å². The Hall–Kier alpha value is -1.81. The van der Waals surface area contributed by atoms with Crippen LogP contribution in [0.15, 0.2) is 39.2 Å². The van der Waals surface area contributed by atoms with Gasteiger partial charge in [-0.2, -0.15) is 0 Å². The summed E-state index contributed by atoms with van der Waals surface area (Å²) in [5.41, 5.74) is 1.63. The van der Waals surface area contributed by atoms with E-state index in [1.807, 2.05) is 11.4 Å². The van der Waals surface area contributed by atoms with Crippen LogP contribution in [0.25, 0.3) is 11.0 Å². The van der Waals surface area contributed by atoms with Crippen LogP contribution in [0.4, 0.5) is 0 Å². The number of piperidine rings is 1. The SMILES string of the molecule is COc1cnc2ccc(=O)n(CCN3CCC(NCc4nc(Br)cs4)CC3)c2c1. The van der Waals surface area contributed by atoms with Gasteiger partial charge in [-0.3, -0.25) is 9.78 Å². The molecular formula is C20H24BrN5O2S. The fraction of sp³-hybridized carbons (Fsp3) is 0.450. The van der Waals surface area contributed by atoms with Gasteiger partial charge in [-0.05, 0) is 47.9 Å². The normalized spacial score (nSPS) is 15.8. The molecule has 1 aliphatic rings. The molecule has 0 bridgehead atoms. The molecule has 1 aliphatic heterocycles. The molecule has 3 aromatic heterocycles. The first-order valence-corrected chi connectivity index (χ1v) is 11.4. The van der Waals surface area contributed by atoms with Crippen LogP contribution in [0, 0.1) is 0 Å². The van der Waals surface area contributed by atoms with Gasteiger partial charge in [0.25, 0.3) is 5.56 Å². The van der Waals surface area contributed by atoms with Crippen molar-refractivity contribution < 1.29 is 4.74 Å². The number of thiazole rings is 1. The van der Waals surface area contributed by atoms with E-state index in [0.29, 0.717) is 18.3 Å². The number of nitrogens with zero attached hydrogens (tertiary/aromatic N) is 4. The molecule has 0 atom stereocenters. The maximum atomic E-state index is 12.4. The molecule has 0 aromatic carbocycles. The minimum absolute atomic E-state index is 0.00119. The van der Waals surface area contributed by atoms with E-state index in [0.717, 1.165) is 59.7 Å². The number of likely N-dealkylation sites (tertiary alicyclic amines) is 1. The molecule has 1 fully saturated rings. The predicted octanol–water partition coefficient (Wildman–Crippen LogP) is 2.88. The summed E-state index contributed by atoms with van der Waals surface area (Å²) < 4.78 is 7.99. The van der Waals surface area contributed by atoms with Gasteiger partial charge in [0, 0.05) is 43.2 Å². The fourth-order valence-corrected chi connectivity index (χ4v) is 4.91. The van der Waals surface area contributed by atoms with Crippen LogP contribution >= 0.6 is 27.3 Å². The van der Waals surface area contributed by atoms with Crippen molar-refractivity contribution in [1.29, 1.82) is 0 Å². The molecule has 0 unspecified atom stereocenters. The molecule has 0 radical (unpaired) electrons. The Morgan fingerprint density at radius 2 is 2.14 bits per heavy atom. The van der Waals surface area contributed by atoms with Crippen molar-refractivity contribution in [3.05, 3.63) is 49.7 Å². The Morgan fingerprint density at radius 1 is 1.31 bits per heavy atom. The molecule has 4 rings (SSSR count). The number of nitrogens with one attached hydrogen (secondary N) is 1. The molecule has 0 aliphatic carbocycles. The summed E-state index contributed by atoms with van der Waals surface area (Å²) >= 11 is 5.07. The first-order valence-electron chi connectivity index (χ1n) is 9.71. The van der Waals surface area contributed by atoms with Gasteiger partial charge in [-0.15, -0.1) is 11.3 Å². The van der Waals surface area contributed by atoms with Crippen molar-refractivity contribution in [1.82, 2.24) is 24.8 Å². The van der Waals surface area contributed by atoms with Gasteiger partial charge in [0.2, 0.25) is 0 Å². The van der Waals surface area contributed by atoms with Crippen LogP contribution in [0.1, 0.15) is 17.8 Å². The first kappa shape index (κ1) is 20.5. The highest BCUT2D eigenvalue weighted by Gasteiger charge is 2.19. The molecule has 7 nitrogen and oxygen atoms in total. The highest BCUT2D eigenvalue weighted by Crippen LogP contribution is 2.18. The lowest BCUT2D eigenvalue weighted by atomic mass is 10.1. The molecular weight excluding hydrogens is 454 g/mol. The molecule has 4 heterocycles. The highest BCUT2D eigenvalue weighted by molar-refractivity contribution is 9.10. The minimum Gasteiger partial charge on any atom is -0.495 e. The van der Waals surface area contributed by atoms with Crippen LogP contribution in [-0.2, 0) is 13.1 Å².